The van der Waals surface area contributed by atoms with Crippen LogP contribution in [0.1, 0.15) is 48.0 Å². The van der Waals surface area contributed by atoms with E-state index >= 15 is 0 Å². The molecule has 0 aliphatic heterocycles. The van der Waals surface area contributed by atoms with Gasteiger partial charge in [-0.2, -0.15) is 0 Å². The number of rotatable bonds is 9. The van der Waals surface area contributed by atoms with Crippen LogP contribution in [0.4, 0.5) is 0 Å². The van der Waals surface area contributed by atoms with Gasteiger partial charge in [0.2, 0.25) is 5.60 Å². The molecule has 0 saturated heterocycles. The second-order valence-electron chi connectivity index (χ2n) is 6.04. The number of carbonyl (C=O) groups excluding carboxylic acids is 3. The largest absolute Gasteiger partial charge is 0.463 e. The molecule has 0 heterocycles. The van der Waals surface area contributed by atoms with Crippen LogP contribution in [0.2, 0.25) is 0 Å². The Kier molecular flexibility index (Phi) is 8.87. The van der Waals surface area contributed by atoms with Crippen molar-refractivity contribution in [3.05, 3.63) is 0 Å². The second-order valence-corrected chi connectivity index (χ2v) is 6.04. The number of hydrogen-bond donors (Lipinski definition) is 2. The van der Waals surface area contributed by atoms with E-state index in [2.05, 4.69) is 4.89 Å². The molecule has 0 rings (SSSR count). The highest BCUT2D eigenvalue weighted by Gasteiger charge is 2.55. The van der Waals surface area contributed by atoms with E-state index in [1.165, 1.54) is 27.7 Å². The van der Waals surface area contributed by atoms with Gasteiger partial charge in [-0.1, -0.05) is 0 Å². The van der Waals surface area contributed by atoms with Gasteiger partial charge < -0.3 is 19.3 Å². The molecule has 24 heavy (non-hydrogen) atoms. The summed E-state index contributed by atoms with van der Waals surface area (Å²) in [6.45, 7) is 9.18. The molecular formula is C15H26O9. The first kappa shape index (κ1) is 22.3. The van der Waals surface area contributed by atoms with E-state index in [1.54, 1.807) is 13.8 Å². The van der Waals surface area contributed by atoms with Crippen molar-refractivity contribution in [1.82, 2.24) is 0 Å². The molecule has 0 radical (unpaired) electrons. The van der Waals surface area contributed by atoms with E-state index in [-0.39, 0.29) is 0 Å². The van der Waals surface area contributed by atoms with Crippen LogP contribution in [0.3, 0.4) is 0 Å². The Balaban J connectivity index is 5.63. The predicted octanol–water partition coefficient (Wildman–Crippen LogP) is 0.821. The van der Waals surface area contributed by atoms with E-state index in [0.717, 1.165) is 0 Å². The van der Waals surface area contributed by atoms with Crippen LogP contribution in [0.25, 0.3) is 0 Å². The lowest BCUT2D eigenvalue weighted by Crippen LogP contribution is -2.58. The summed E-state index contributed by atoms with van der Waals surface area (Å²) in [5.41, 5.74) is -2.69. The molecule has 9 heteroatoms. The summed E-state index contributed by atoms with van der Waals surface area (Å²) in [6.07, 6.45) is -5.01. The highest BCUT2D eigenvalue weighted by atomic mass is 17.1. The molecule has 0 spiro atoms. The summed E-state index contributed by atoms with van der Waals surface area (Å²) in [4.78, 5) is 40.2. The monoisotopic (exact) mass is 350 g/mol. The standard InChI is InChI=1S/C15H26O9/c1-8(2)21-11(16)7-15(24-20,14(19)23-10(5)6)12(17)13(18)22-9(3)4/h8-10,12,17,20H,7H2,1-6H3. The highest BCUT2D eigenvalue weighted by molar-refractivity contribution is 5.93. The number of carbonyl (C=O) groups is 3. The maximum Gasteiger partial charge on any atom is 0.346 e. The van der Waals surface area contributed by atoms with Crippen LogP contribution in [0, 0.1) is 0 Å². The highest BCUT2D eigenvalue weighted by Crippen LogP contribution is 2.26. The van der Waals surface area contributed by atoms with E-state index in [1.807, 2.05) is 0 Å². The van der Waals surface area contributed by atoms with Crippen molar-refractivity contribution in [1.29, 1.82) is 0 Å². The lowest BCUT2D eigenvalue weighted by Gasteiger charge is -2.31. The Morgan fingerprint density at radius 2 is 1.33 bits per heavy atom. The lowest BCUT2D eigenvalue weighted by atomic mass is 9.92. The van der Waals surface area contributed by atoms with E-state index in [4.69, 9.17) is 14.2 Å². The van der Waals surface area contributed by atoms with Crippen molar-refractivity contribution in [3.8, 4) is 0 Å². The topological polar surface area (TPSA) is 129 Å². The van der Waals surface area contributed by atoms with Gasteiger partial charge in [0.25, 0.3) is 0 Å². The summed E-state index contributed by atoms with van der Waals surface area (Å²) in [6, 6.07) is 0. The molecule has 9 nitrogen and oxygen atoms in total. The minimum Gasteiger partial charge on any atom is -0.463 e. The summed E-state index contributed by atoms with van der Waals surface area (Å²) < 4.78 is 14.6. The van der Waals surface area contributed by atoms with Crippen LogP contribution < -0.4 is 0 Å². The Labute approximate surface area is 140 Å². The molecule has 0 aliphatic carbocycles. The smallest absolute Gasteiger partial charge is 0.346 e. The third-order valence-corrected chi connectivity index (χ3v) is 2.64. The van der Waals surface area contributed by atoms with Gasteiger partial charge in [0.15, 0.2) is 6.10 Å². The molecule has 0 fully saturated rings. The first-order valence-corrected chi connectivity index (χ1v) is 7.58. The van der Waals surface area contributed by atoms with Crippen molar-refractivity contribution in [2.24, 2.45) is 0 Å². The molecule has 0 aromatic heterocycles. The summed E-state index contributed by atoms with van der Waals surface area (Å²) in [5, 5.41) is 19.4. The lowest BCUT2D eigenvalue weighted by molar-refractivity contribution is -0.337. The van der Waals surface area contributed by atoms with Crippen molar-refractivity contribution in [3.63, 3.8) is 0 Å². The molecule has 2 atom stereocenters. The van der Waals surface area contributed by atoms with Crippen LogP contribution in [0.15, 0.2) is 0 Å². The van der Waals surface area contributed by atoms with Crippen LogP contribution in [0.5, 0.6) is 0 Å². The number of aliphatic hydroxyl groups is 1. The van der Waals surface area contributed by atoms with Gasteiger partial charge in [0.05, 0.1) is 24.7 Å². The minimum absolute atomic E-state index is 0.519. The molecule has 2 N–H and O–H groups in total. The summed E-state index contributed by atoms with van der Waals surface area (Å²) >= 11 is 0. The van der Waals surface area contributed by atoms with Crippen molar-refractivity contribution in [2.75, 3.05) is 0 Å². The molecule has 0 saturated carbocycles. The Morgan fingerprint density at radius 1 is 0.875 bits per heavy atom. The fourth-order valence-electron chi connectivity index (χ4n) is 1.72. The predicted molar refractivity (Wildman–Crippen MR) is 80.8 cm³/mol. The third kappa shape index (κ3) is 6.42. The maximum absolute atomic E-state index is 12.3. The first-order valence-electron chi connectivity index (χ1n) is 7.58. The van der Waals surface area contributed by atoms with Gasteiger partial charge in [-0.3, -0.25) is 10.1 Å². The molecule has 140 valence electrons. The van der Waals surface area contributed by atoms with Gasteiger partial charge in [-0.15, -0.1) is 0 Å². The second kappa shape index (κ2) is 9.55. The summed E-state index contributed by atoms with van der Waals surface area (Å²) in [7, 11) is 0. The van der Waals surface area contributed by atoms with Crippen molar-refractivity contribution < 1.29 is 43.8 Å². The van der Waals surface area contributed by atoms with Crippen LogP contribution >= 0.6 is 0 Å². The van der Waals surface area contributed by atoms with E-state index in [9.17, 15) is 24.7 Å². The number of aliphatic hydroxyl groups excluding tert-OH is 1. The zero-order chi connectivity index (χ0) is 19.1. The average Bonchev–Trinajstić information content (AvgIpc) is 2.41. The van der Waals surface area contributed by atoms with Gasteiger partial charge in [-0.05, 0) is 41.5 Å². The normalized spacial score (nSPS) is 15.1. The molecule has 0 aromatic rings. The average molecular weight is 350 g/mol. The fourth-order valence-corrected chi connectivity index (χ4v) is 1.72. The number of esters is 3. The molecule has 0 amide bonds. The molecule has 0 bridgehead atoms. The van der Waals surface area contributed by atoms with Crippen molar-refractivity contribution in [2.45, 2.75) is 78.0 Å². The molecule has 0 aliphatic rings. The molecule has 2 unspecified atom stereocenters. The van der Waals surface area contributed by atoms with Crippen molar-refractivity contribution >= 4 is 17.9 Å². The SMILES string of the molecule is CC(C)OC(=O)CC(OO)(C(=O)OC(C)C)C(O)C(=O)OC(C)C. The Morgan fingerprint density at radius 3 is 1.71 bits per heavy atom. The maximum atomic E-state index is 12.3. The fraction of sp³-hybridized carbons (Fsp3) is 0.800. The Hall–Kier alpha value is -1.71. The van der Waals surface area contributed by atoms with Gasteiger partial charge >= 0.3 is 17.9 Å². The molecular weight excluding hydrogens is 324 g/mol. The Bertz CT molecular complexity index is 444. The zero-order valence-corrected chi connectivity index (χ0v) is 14.8. The molecule has 0 aromatic carbocycles. The third-order valence-electron chi connectivity index (χ3n) is 2.64. The van der Waals surface area contributed by atoms with Gasteiger partial charge in [0, 0.05) is 0 Å². The number of hydrogen-bond acceptors (Lipinski definition) is 9. The van der Waals surface area contributed by atoms with Gasteiger partial charge in [-0.25, -0.2) is 14.5 Å². The van der Waals surface area contributed by atoms with Gasteiger partial charge in [0.1, 0.15) is 0 Å². The zero-order valence-electron chi connectivity index (χ0n) is 14.8. The first-order chi connectivity index (χ1) is 11.0. The van der Waals surface area contributed by atoms with Crippen LogP contribution in [-0.4, -0.2) is 58.3 Å². The quantitative estimate of drug-likeness (QED) is 0.269. The number of ether oxygens (including phenoxy) is 3. The van der Waals surface area contributed by atoms with E-state index < -0.39 is 54.3 Å². The summed E-state index contributed by atoms with van der Waals surface area (Å²) in [5.74, 6) is -3.53. The van der Waals surface area contributed by atoms with E-state index in [0.29, 0.717) is 0 Å². The van der Waals surface area contributed by atoms with Crippen LogP contribution in [-0.2, 0) is 33.5 Å². The minimum atomic E-state index is -2.69.